The van der Waals surface area contributed by atoms with Gasteiger partial charge in [0.1, 0.15) is 0 Å². The number of hydrogen-bond donors (Lipinski definition) is 1. The summed E-state index contributed by atoms with van der Waals surface area (Å²) in [4.78, 5) is 0. The van der Waals surface area contributed by atoms with Gasteiger partial charge in [-0.25, -0.2) is 0 Å². The lowest BCUT2D eigenvalue weighted by Gasteiger charge is -2.10. The second-order valence-electron chi connectivity index (χ2n) is 3.48. The van der Waals surface area contributed by atoms with Crippen molar-refractivity contribution in [3.05, 3.63) is 0 Å². The predicted octanol–water partition coefficient (Wildman–Crippen LogP) is 3.20. The van der Waals surface area contributed by atoms with Gasteiger partial charge in [-0.15, -0.1) is 0 Å². The highest BCUT2D eigenvalue weighted by atomic mass is 14.9. The molecule has 0 saturated carbocycles. The van der Waals surface area contributed by atoms with Crippen molar-refractivity contribution in [1.82, 2.24) is 5.32 Å². The maximum Gasteiger partial charge on any atom is 0.00127 e. The first-order chi connectivity index (χ1) is 5.04. The van der Waals surface area contributed by atoms with Crippen LogP contribution in [-0.2, 0) is 0 Å². The molecule has 0 fully saturated rings. The van der Waals surface area contributed by atoms with Gasteiger partial charge in [-0.2, -0.15) is 0 Å². The van der Waals surface area contributed by atoms with E-state index in [1.165, 1.54) is 12.8 Å². The van der Waals surface area contributed by atoms with E-state index >= 15 is 0 Å². The van der Waals surface area contributed by atoms with Crippen LogP contribution in [0.5, 0.6) is 0 Å². The molecule has 0 spiro atoms. The molecule has 11 heavy (non-hydrogen) atoms. The van der Waals surface area contributed by atoms with Crippen LogP contribution in [0.4, 0.5) is 0 Å². The van der Waals surface area contributed by atoms with E-state index in [-0.39, 0.29) is 0 Å². The van der Waals surface area contributed by atoms with E-state index in [9.17, 15) is 0 Å². The zero-order valence-corrected chi connectivity index (χ0v) is 9.07. The maximum absolute atomic E-state index is 3.31. The van der Waals surface area contributed by atoms with E-state index in [1.54, 1.807) is 0 Å². The Morgan fingerprint density at radius 2 is 1.09 bits per heavy atom. The van der Waals surface area contributed by atoms with Crippen LogP contribution in [0, 0.1) is 0 Å². The van der Waals surface area contributed by atoms with Gasteiger partial charge in [-0.05, 0) is 0 Å². The molecular formula is C10H25N. The fourth-order valence-electron chi connectivity index (χ4n) is 0.667. The average molecular weight is 159 g/mol. The van der Waals surface area contributed by atoms with Gasteiger partial charge in [0.2, 0.25) is 0 Å². The van der Waals surface area contributed by atoms with Crippen molar-refractivity contribution in [2.75, 3.05) is 0 Å². The quantitative estimate of drug-likeness (QED) is 0.667. The first-order valence-electron chi connectivity index (χ1n) is 4.80. The Kier molecular flexibility index (Phi) is 12.3. The summed E-state index contributed by atoms with van der Waals surface area (Å²) >= 11 is 0. The van der Waals surface area contributed by atoms with Crippen molar-refractivity contribution >= 4 is 0 Å². The molecule has 0 heterocycles. The van der Waals surface area contributed by atoms with Crippen LogP contribution in [0.25, 0.3) is 0 Å². The third-order valence-electron chi connectivity index (χ3n) is 1.17. The summed E-state index contributed by atoms with van der Waals surface area (Å²) in [7, 11) is 0. The Hall–Kier alpha value is -0.0400. The van der Waals surface area contributed by atoms with Crippen molar-refractivity contribution in [3.63, 3.8) is 0 Å². The lowest BCUT2D eigenvalue weighted by atomic mass is 10.3. The molecule has 0 radical (unpaired) electrons. The van der Waals surface area contributed by atoms with E-state index in [4.69, 9.17) is 0 Å². The second kappa shape index (κ2) is 9.96. The highest BCUT2D eigenvalue weighted by Crippen LogP contribution is 1.80. The molecule has 1 heteroatoms. The Morgan fingerprint density at radius 3 is 1.09 bits per heavy atom. The van der Waals surface area contributed by atoms with E-state index in [0.29, 0.717) is 12.1 Å². The molecule has 0 unspecified atom stereocenters. The largest absolute Gasteiger partial charge is 0.312 e. The second-order valence-corrected chi connectivity index (χ2v) is 3.48. The minimum absolute atomic E-state index is 0.625. The first kappa shape index (κ1) is 13.5. The third kappa shape index (κ3) is 25.7. The third-order valence-corrected chi connectivity index (χ3v) is 1.17. The minimum atomic E-state index is 0.625. The molecular weight excluding hydrogens is 134 g/mol. The van der Waals surface area contributed by atoms with Crippen LogP contribution in [0.2, 0.25) is 0 Å². The van der Waals surface area contributed by atoms with Gasteiger partial charge in [-0.3, -0.25) is 0 Å². The summed E-state index contributed by atoms with van der Waals surface area (Å²) in [5.41, 5.74) is 0. The molecule has 1 N–H and O–H groups in total. The fraction of sp³-hybridized carbons (Fsp3) is 1.00. The monoisotopic (exact) mass is 159 g/mol. The van der Waals surface area contributed by atoms with Gasteiger partial charge in [0.25, 0.3) is 0 Å². The number of unbranched alkanes of at least 4 members (excludes halogenated alkanes) is 1. The lowest BCUT2D eigenvalue weighted by Crippen LogP contribution is -2.29. The molecule has 0 aromatic heterocycles. The van der Waals surface area contributed by atoms with Crippen LogP contribution in [0.1, 0.15) is 54.4 Å². The van der Waals surface area contributed by atoms with Gasteiger partial charge in [0.15, 0.2) is 0 Å². The van der Waals surface area contributed by atoms with Crippen molar-refractivity contribution in [2.45, 2.75) is 66.5 Å². The topological polar surface area (TPSA) is 12.0 Å². The van der Waals surface area contributed by atoms with Crippen molar-refractivity contribution in [2.24, 2.45) is 0 Å². The zero-order valence-electron chi connectivity index (χ0n) is 9.07. The Bertz CT molecular complexity index is 49.9. The molecule has 0 aromatic rings. The van der Waals surface area contributed by atoms with Crippen LogP contribution in [0.3, 0.4) is 0 Å². The summed E-state index contributed by atoms with van der Waals surface area (Å²) in [5.74, 6) is 0. The Labute approximate surface area is 72.6 Å². The molecule has 1 nitrogen and oxygen atoms in total. The molecule has 0 aromatic carbocycles. The molecule has 0 atom stereocenters. The highest BCUT2D eigenvalue weighted by molar-refractivity contribution is 4.55. The van der Waals surface area contributed by atoms with E-state index in [0.717, 1.165) is 0 Å². The van der Waals surface area contributed by atoms with Crippen molar-refractivity contribution in [3.8, 4) is 0 Å². The summed E-state index contributed by atoms with van der Waals surface area (Å²) in [6.45, 7) is 13.0. The Morgan fingerprint density at radius 1 is 0.818 bits per heavy atom. The van der Waals surface area contributed by atoms with Crippen molar-refractivity contribution in [1.29, 1.82) is 0 Å². The highest BCUT2D eigenvalue weighted by Gasteiger charge is 1.92. The van der Waals surface area contributed by atoms with Crippen LogP contribution >= 0.6 is 0 Å². The van der Waals surface area contributed by atoms with E-state index < -0.39 is 0 Å². The average Bonchev–Trinajstić information content (AvgIpc) is 1.85. The molecule has 70 valence electrons. The number of rotatable bonds is 3. The summed E-state index contributed by atoms with van der Waals surface area (Å²) in [6.07, 6.45) is 2.64. The molecule has 0 bridgehead atoms. The molecule has 0 saturated heterocycles. The SMILES string of the molecule is CC(C)NC(C)C.CCCC. The van der Waals surface area contributed by atoms with Crippen molar-refractivity contribution < 1.29 is 0 Å². The smallest absolute Gasteiger partial charge is 0.00127 e. The minimum Gasteiger partial charge on any atom is -0.312 e. The van der Waals surface area contributed by atoms with Gasteiger partial charge in [0.05, 0.1) is 0 Å². The lowest BCUT2D eigenvalue weighted by molar-refractivity contribution is 0.518. The number of hydrogen-bond acceptors (Lipinski definition) is 1. The number of nitrogens with one attached hydrogen (secondary N) is 1. The van der Waals surface area contributed by atoms with Gasteiger partial charge in [0, 0.05) is 12.1 Å². The van der Waals surface area contributed by atoms with Gasteiger partial charge in [-0.1, -0.05) is 54.4 Å². The maximum atomic E-state index is 3.31. The molecule has 0 aliphatic carbocycles. The van der Waals surface area contributed by atoms with E-state index in [1.807, 2.05) is 0 Å². The molecule has 0 amide bonds. The normalized spacial score (nSPS) is 9.82. The van der Waals surface area contributed by atoms with Crippen LogP contribution in [-0.4, -0.2) is 12.1 Å². The van der Waals surface area contributed by atoms with Crippen LogP contribution in [0.15, 0.2) is 0 Å². The van der Waals surface area contributed by atoms with Crippen LogP contribution < -0.4 is 5.32 Å². The molecule has 0 rings (SSSR count). The zero-order chi connectivity index (χ0) is 9.28. The summed E-state index contributed by atoms with van der Waals surface area (Å²) in [5, 5.41) is 3.31. The molecule has 0 aliphatic rings. The fourth-order valence-corrected chi connectivity index (χ4v) is 0.667. The standard InChI is InChI=1S/C6H15N.C4H10/c1-5(2)7-6(3)4;1-3-4-2/h5-7H,1-4H3;3-4H2,1-2H3. The van der Waals surface area contributed by atoms with Gasteiger partial charge < -0.3 is 5.32 Å². The van der Waals surface area contributed by atoms with Gasteiger partial charge >= 0.3 is 0 Å². The summed E-state index contributed by atoms with van der Waals surface area (Å²) < 4.78 is 0. The predicted molar refractivity (Wildman–Crippen MR) is 54.0 cm³/mol. The Balaban J connectivity index is 0. The van der Waals surface area contributed by atoms with E-state index in [2.05, 4.69) is 46.9 Å². The summed E-state index contributed by atoms with van der Waals surface area (Å²) in [6, 6.07) is 1.25. The first-order valence-corrected chi connectivity index (χ1v) is 4.80. The molecule has 0 aliphatic heterocycles.